The van der Waals surface area contributed by atoms with E-state index in [0.29, 0.717) is 23.2 Å². The molecule has 0 spiro atoms. The van der Waals surface area contributed by atoms with Crippen molar-refractivity contribution in [3.63, 3.8) is 0 Å². The highest BCUT2D eigenvalue weighted by Crippen LogP contribution is 2.35. The number of anilines is 1. The van der Waals surface area contributed by atoms with Crippen molar-refractivity contribution in [3.05, 3.63) is 65.5 Å². The molecule has 0 saturated carbocycles. The van der Waals surface area contributed by atoms with Crippen LogP contribution in [0, 0.1) is 11.6 Å². The molecule has 0 aliphatic carbocycles. The van der Waals surface area contributed by atoms with E-state index in [4.69, 9.17) is 9.47 Å². The van der Waals surface area contributed by atoms with Crippen molar-refractivity contribution in [1.29, 1.82) is 0 Å². The molecule has 1 unspecified atom stereocenters. The van der Waals surface area contributed by atoms with Gasteiger partial charge in [-0.15, -0.1) is 0 Å². The summed E-state index contributed by atoms with van der Waals surface area (Å²) in [6, 6.07) is 5.32. The summed E-state index contributed by atoms with van der Waals surface area (Å²) in [7, 11) is 1.39. The molecule has 1 aliphatic rings. The van der Waals surface area contributed by atoms with Crippen LogP contribution in [0.1, 0.15) is 37.9 Å². The molecule has 2 heterocycles. The van der Waals surface area contributed by atoms with E-state index in [1.54, 1.807) is 26.8 Å². The zero-order valence-electron chi connectivity index (χ0n) is 20.9. The van der Waals surface area contributed by atoms with E-state index in [0.717, 1.165) is 10.2 Å². The van der Waals surface area contributed by atoms with Gasteiger partial charge in [0.25, 0.3) is 0 Å². The normalized spacial score (nSPS) is 13.8. The van der Waals surface area contributed by atoms with E-state index < -0.39 is 42.0 Å². The van der Waals surface area contributed by atoms with Crippen molar-refractivity contribution >= 4 is 17.8 Å². The Morgan fingerprint density at radius 2 is 1.95 bits per heavy atom. The van der Waals surface area contributed by atoms with Gasteiger partial charge in [-0.1, -0.05) is 0 Å². The first kappa shape index (κ1) is 26.1. The number of methoxy groups -OCH3 is 1. The molecule has 37 heavy (non-hydrogen) atoms. The Hall–Kier alpha value is -3.99. The highest BCUT2D eigenvalue weighted by molar-refractivity contribution is 5.95. The van der Waals surface area contributed by atoms with Gasteiger partial charge in [-0.05, 0) is 62.6 Å². The molecule has 1 atom stereocenters. The zero-order valence-corrected chi connectivity index (χ0v) is 20.9. The third kappa shape index (κ3) is 5.72. The van der Waals surface area contributed by atoms with Crippen molar-refractivity contribution in [1.82, 2.24) is 15.1 Å². The van der Waals surface area contributed by atoms with E-state index in [1.807, 2.05) is 0 Å². The fourth-order valence-corrected chi connectivity index (χ4v) is 4.08. The number of aromatic nitrogens is 2. The van der Waals surface area contributed by atoms with Crippen LogP contribution in [0.2, 0.25) is 0 Å². The summed E-state index contributed by atoms with van der Waals surface area (Å²) in [5.74, 6) is -0.923. The molecule has 11 heteroatoms. The minimum atomic E-state index is -0.899. The molecule has 0 saturated heterocycles. The lowest BCUT2D eigenvalue weighted by Crippen LogP contribution is -2.42. The summed E-state index contributed by atoms with van der Waals surface area (Å²) in [6.45, 7) is 5.00. The van der Waals surface area contributed by atoms with Gasteiger partial charge in [0.1, 0.15) is 23.0 Å². The standard InChI is InChI=1S/C26H28F2N4O5/c1-26(2,3)37-25(35)32-13-17(12-29-32)20-9-15-5-6-31(23(15)11-21(20)28)24(34)30-22(14-33)16-7-18(27)10-19(8-16)36-4/h7-13,22,33H,5-6,14H2,1-4H3,(H,30,34). The Labute approximate surface area is 212 Å². The van der Waals surface area contributed by atoms with Gasteiger partial charge >= 0.3 is 12.1 Å². The summed E-state index contributed by atoms with van der Waals surface area (Å²) < 4.78 is 40.4. The number of ether oxygens (including phenoxy) is 2. The third-order valence-corrected chi connectivity index (χ3v) is 5.80. The SMILES string of the molecule is COc1cc(F)cc(C(CO)NC(=O)N2CCc3cc(-c4cnn(C(=O)OC(C)(C)C)c4)c(F)cc32)c1. The number of benzene rings is 2. The minimum Gasteiger partial charge on any atom is -0.497 e. The predicted molar refractivity (Wildman–Crippen MR) is 132 cm³/mol. The number of nitrogens with zero attached hydrogens (tertiary/aromatic N) is 3. The fraction of sp³-hybridized carbons (Fsp3) is 0.346. The van der Waals surface area contributed by atoms with E-state index in [-0.39, 0.29) is 17.9 Å². The van der Waals surface area contributed by atoms with Crippen LogP contribution in [0.15, 0.2) is 42.7 Å². The number of aliphatic hydroxyl groups excluding tert-OH is 1. The van der Waals surface area contributed by atoms with E-state index in [2.05, 4.69) is 10.4 Å². The van der Waals surface area contributed by atoms with Crippen LogP contribution in [-0.2, 0) is 11.2 Å². The molecule has 2 amide bonds. The quantitative estimate of drug-likeness (QED) is 0.522. The summed E-state index contributed by atoms with van der Waals surface area (Å²) in [5, 5.41) is 16.5. The van der Waals surface area contributed by atoms with Gasteiger partial charge in [0.15, 0.2) is 0 Å². The number of nitrogens with one attached hydrogen (secondary N) is 1. The number of urea groups is 1. The first-order valence-electron chi connectivity index (χ1n) is 11.6. The molecular formula is C26H28F2N4O5. The third-order valence-electron chi connectivity index (χ3n) is 5.80. The maximum absolute atomic E-state index is 15.2. The molecule has 4 rings (SSSR count). The summed E-state index contributed by atoms with van der Waals surface area (Å²) in [6.07, 6.45) is 2.54. The lowest BCUT2D eigenvalue weighted by Gasteiger charge is -2.23. The zero-order chi connectivity index (χ0) is 26.9. The van der Waals surface area contributed by atoms with Gasteiger partial charge in [-0.2, -0.15) is 9.78 Å². The number of carbonyl (C=O) groups excluding carboxylic acids is 2. The molecule has 2 N–H and O–H groups in total. The number of hydrogen-bond acceptors (Lipinski definition) is 6. The largest absolute Gasteiger partial charge is 0.497 e. The Bertz CT molecular complexity index is 1330. The van der Waals surface area contributed by atoms with Crippen LogP contribution in [-0.4, -0.2) is 52.9 Å². The number of halogens is 2. The highest BCUT2D eigenvalue weighted by atomic mass is 19.1. The lowest BCUT2D eigenvalue weighted by atomic mass is 10.0. The molecule has 2 aromatic carbocycles. The molecule has 3 aromatic rings. The fourth-order valence-electron chi connectivity index (χ4n) is 4.08. The maximum atomic E-state index is 15.2. The number of carbonyl (C=O) groups is 2. The van der Waals surface area contributed by atoms with E-state index in [1.165, 1.54) is 48.7 Å². The number of amides is 2. The summed E-state index contributed by atoms with van der Waals surface area (Å²) in [5.41, 5.74) is 1.35. The predicted octanol–water partition coefficient (Wildman–Crippen LogP) is 4.43. The first-order chi connectivity index (χ1) is 17.5. The second kappa shape index (κ2) is 10.2. The number of aliphatic hydroxyl groups is 1. The number of hydrogen-bond donors (Lipinski definition) is 2. The highest BCUT2D eigenvalue weighted by Gasteiger charge is 2.29. The van der Waals surface area contributed by atoms with Crippen LogP contribution in [0.4, 0.5) is 24.1 Å². The molecule has 196 valence electrons. The van der Waals surface area contributed by atoms with Crippen LogP contribution in [0.25, 0.3) is 11.1 Å². The molecule has 0 bridgehead atoms. The lowest BCUT2D eigenvalue weighted by molar-refractivity contribution is 0.0514. The van der Waals surface area contributed by atoms with Crippen LogP contribution in [0.3, 0.4) is 0 Å². The van der Waals surface area contributed by atoms with Gasteiger partial charge in [-0.3, -0.25) is 4.90 Å². The Balaban J connectivity index is 1.54. The molecule has 1 aromatic heterocycles. The van der Waals surface area contributed by atoms with Crippen LogP contribution >= 0.6 is 0 Å². The average Bonchev–Trinajstić information content (AvgIpc) is 3.47. The van der Waals surface area contributed by atoms with Gasteiger partial charge in [0.05, 0.1) is 31.6 Å². The molecule has 0 fully saturated rings. The summed E-state index contributed by atoms with van der Waals surface area (Å²) in [4.78, 5) is 26.7. The minimum absolute atomic E-state index is 0.232. The van der Waals surface area contributed by atoms with Crippen molar-refractivity contribution in [2.45, 2.75) is 38.8 Å². The molecular weight excluding hydrogens is 486 g/mol. The number of rotatable bonds is 5. The van der Waals surface area contributed by atoms with Gasteiger partial charge in [0, 0.05) is 29.9 Å². The van der Waals surface area contributed by atoms with Crippen molar-refractivity contribution in [2.75, 3.05) is 25.2 Å². The van der Waals surface area contributed by atoms with Gasteiger partial charge < -0.3 is 19.9 Å². The monoisotopic (exact) mass is 514 g/mol. The van der Waals surface area contributed by atoms with Gasteiger partial charge in [0.2, 0.25) is 0 Å². The molecule has 0 radical (unpaired) electrons. The smallest absolute Gasteiger partial charge is 0.435 e. The topological polar surface area (TPSA) is 106 Å². The van der Waals surface area contributed by atoms with Crippen molar-refractivity contribution < 1.29 is 33.0 Å². The van der Waals surface area contributed by atoms with E-state index in [9.17, 15) is 19.1 Å². The number of fused-ring (bicyclic) bond motifs is 1. The van der Waals surface area contributed by atoms with Gasteiger partial charge in [-0.25, -0.2) is 18.4 Å². The first-order valence-corrected chi connectivity index (χ1v) is 11.6. The van der Waals surface area contributed by atoms with Crippen molar-refractivity contribution in [2.24, 2.45) is 0 Å². The molecule has 1 aliphatic heterocycles. The van der Waals surface area contributed by atoms with Crippen molar-refractivity contribution in [3.8, 4) is 16.9 Å². The second-order valence-corrected chi connectivity index (χ2v) is 9.63. The maximum Gasteiger partial charge on any atom is 0.435 e. The second-order valence-electron chi connectivity index (χ2n) is 9.63. The molecule has 9 nitrogen and oxygen atoms in total. The Kier molecular flexibility index (Phi) is 7.17. The average molecular weight is 515 g/mol. The Morgan fingerprint density at radius 3 is 2.62 bits per heavy atom. The Morgan fingerprint density at radius 1 is 1.19 bits per heavy atom. The van der Waals surface area contributed by atoms with Crippen LogP contribution < -0.4 is 15.0 Å². The van der Waals surface area contributed by atoms with E-state index >= 15 is 4.39 Å². The summed E-state index contributed by atoms with van der Waals surface area (Å²) >= 11 is 0. The van der Waals surface area contributed by atoms with Crippen LogP contribution in [0.5, 0.6) is 5.75 Å².